The highest BCUT2D eigenvalue weighted by atomic mass is 35.5. The normalized spacial score (nSPS) is 17.2. The van der Waals surface area contributed by atoms with Crippen LogP contribution < -0.4 is 9.80 Å². The van der Waals surface area contributed by atoms with Crippen LogP contribution in [-0.2, 0) is 4.79 Å². The van der Waals surface area contributed by atoms with Crippen molar-refractivity contribution in [2.75, 3.05) is 23.4 Å². The molecule has 0 radical (unpaired) electrons. The number of nitrogens with zero attached hydrogens (tertiary/aromatic N) is 4. The van der Waals surface area contributed by atoms with Crippen LogP contribution in [0.15, 0.2) is 42.6 Å². The second-order valence-corrected chi connectivity index (χ2v) is 5.78. The van der Waals surface area contributed by atoms with E-state index in [0.717, 1.165) is 5.69 Å². The molecule has 23 heavy (non-hydrogen) atoms. The van der Waals surface area contributed by atoms with Crippen LogP contribution in [0.5, 0.6) is 0 Å². The summed E-state index contributed by atoms with van der Waals surface area (Å²) in [6, 6.07) is 12.5. The molecule has 3 rings (SSSR count). The highest BCUT2D eigenvalue weighted by Crippen LogP contribution is 2.31. The molecule has 1 aliphatic heterocycles. The average Bonchev–Trinajstić information content (AvgIpc) is 2.96. The van der Waals surface area contributed by atoms with E-state index in [1.807, 2.05) is 36.2 Å². The van der Waals surface area contributed by atoms with Gasteiger partial charge < -0.3 is 9.80 Å². The lowest BCUT2D eigenvalue weighted by Gasteiger charge is -2.25. The number of amides is 1. The molecule has 1 aromatic heterocycles. The molecule has 1 saturated heterocycles. The minimum atomic E-state index is -0.285. The molecule has 0 aliphatic carbocycles. The van der Waals surface area contributed by atoms with Crippen molar-refractivity contribution >= 4 is 29.0 Å². The maximum absolute atomic E-state index is 12.7. The van der Waals surface area contributed by atoms with Crippen LogP contribution in [0, 0.1) is 11.3 Å². The van der Waals surface area contributed by atoms with Gasteiger partial charge in [0.05, 0.1) is 16.3 Å². The number of carbonyl (C=O) groups is 1. The number of anilines is 2. The third-order valence-corrected chi connectivity index (χ3v) is 4.35. The number of carbonyl (C=O) groups excluding carboxylic acids is 1. The zero-order valence-electron chi connectivity index (χ0n) is 12.6. The Labute approximate surface area is 139 Å². The van der Waals surface area contributed by atoms with Crippen LogP contribution in [0.4, 0.5) is 11.5 Å². The molecular weight excluding hydrogens is 312 g/mol. The van der Waals surface area contributed by atoms with Crippen LogP contribution in [-0.4, -0.2) is 30.5 Å². The van der Waals surface area contributed by atoms with Crippen LogP contribution in [0.3, 0.4) is 0 Å². The molecule has 6 heteroatoms. The summed E-state index contributed by atoms with van der Waals surface area (Å²) in [7, 11) is 1.84. The van der Waals surface area contributed by atoms with Crippen LogP contribution in [0.1, 0.15) is 12.0 Å². The van der Waals surface area contributed by atoms with E-state index in [-0.39, 0.29) is 11.9 Å². The molecule has 1 amide bonds. The number of hydrogen-bond donors (Lipinski definition) is 0. The zero-order chi connectivity index (χ0) is 16.4. The third kappa shape index (κ3) is 2.86. The van der Waals surface area contributed by atoms with Crippen molar-refractivity contribution in [3.63, 3.8) is 0 Å². The molecule has 2 aromatic rings. The molecule has 2 heterocycles. The predicted octanol–water partition coefficient (Wildman–Crippen LogP) is 2.85. The van der Waals surface area contributed by atoms with Gasteiger partial charge in [0.25, 0.3) is 0 Å². The van der Waals surface area contributed by atoms with E-state index in [1.54, 1.807) is 23.1 Å². The van der Waals surface area contributed by atoms with Crippen LogP contribution >= 0.6 is 11.6 Å². The molecule has 1 aliphatic rings. The summed E-state index contributed by atoms with van der Waals surface area (Å²) in [6.45, 7) is 0.619. The van der Waals surface area contributed by atoms with Gasteiger partial charge in [0, 0.05) is 19.8 Å². The molecule has 0 bridgehead atoms. The fourth-order valence-electron chi connectivity index (χ4n) is 2.75. The SMILES string of the molecule is CN(c1ccc(C#N)cn1)[C@@H]1CCN(c2ccccc2Cl)C1=O. The molecule has 0 N–H and O–H groups in total. The standard InChI is InChI=1S/C17H15ClN4O/c1-21(16-7-6-12(10-19)11-20-16)15-8-9-22(17(15)23)14-5-3-2-4-13(14)18/h2-7,11,15H,8-9H2,1H3/t15-/m1/s1. The van der Waals surface area contributed by atoms with Gasteiger partial charge in [0.15, 0.2) is 0 Å². The topological polar surface area (TPSA) is 60.2 Å². The highest BCUT2D eigenvalue weighted by Gasteiger charge is 2.36. The lowest BCUT2D eigenvalue weighted by atomic mass is 10.2. The first-order valence-electron chi connectivity index (χ1n) is 7.26. The molecule has 1 aromatic carbocycles. The number of pyridine rings is 1. The van der Waals surface area contributed by atoms with Crippen molar-refractivity contribution < 1.29 is 4.79 Å². The molecule has 0 saturated carbocycles. The van der Waals surface area contributed by atoms with E-state index in [0.29, 0.717) is 29.4 Å². The van der Waals surface area contributed by atoms with Crippen molar-refractivity contribution in [2.45, 2.75) is 12.5 Å². The lowest BCUT2D eigenvalue weighted by Crippen LogP contribution is -2.40. The Morgan fingerprint density at radius 3 is 2.78 bits per heavy atom. The number of para-hydroxylation sites is 1. The average molecular weight is 327 g/mol. The molecule has 5 nitrogen and oxygen atoms in total. The van der Waals surface area contributed by atoms with Gasteiger partial charge in [0.1, 0.15) is 17.9 Å². The fraction of sp³-hybridized carbons (Fsp3) is 0.235. The van der Waals surface area contributed by atoms with Gasteiger partial charge in [-0.2, -0.15) is 5.26 Å². The third-order valence-electron chi connectivity index (χ3n) is 4.03. The van der Waals surface area contributed by atoms with Gasteiger partial charge in [-0.25, -0.2) is 4.98 Å². The molecule has 1 atom stereocenters. The van der Waals surface area contributed by atoms with Gasteiger partial charge >= 0.3 is 0 Å². The maximum Gasteiger partial charge on any atom is 0.249 e. The van der Waals surface area contributed by atoms with Gasteiger partial charge in [0.2, 0.25) is 5.91 Å². The number of aromatic nitrogens is 1. The summed E-state index contributed by atoms with van der Waals surface area (Å²) in [5.74, 6) is 0.676. The highest BCUT2D eigenvalue weighted by molar-refractivity contribution is 6.34. The number of benzene rings is 1. The second kappa shape index (κ2) is 6.27. The summed E-state index contributed by atoms with van der Waals surface area (Å²) < 4.78 is 0. The smallest absolute Gasteiger partial charge is 0.249 e. The van der Waals surface area contributed by atoms with Crippen LogP contribution in [0.25, 0.3) is 0 Å². The van der Waals surface area contributed by atoms with Gasteiger partial charge in [-0.15, -0.1) is 0 Å². The summed E-state index contributed by atoms with van der Waals surface area (Å²) in [6.07, 6.45) is 2.21. The largest absolute Gasteiger partial charge is 0.348 e. The summed E-state index contributed by atoms with van der Waals surface area (Å²) in [5, 5.41) is 9.40. The van der Waals surface area contributed by atoms with E-state index in [9.17, 15) is 4.79 Å². The summed E-state index contributed by atoms with van der Waals surface area (Å²) in [5.41, 5.74) is 1.24. The molecule has 0 unspecified atom stereocenters. The van der Waals surface area contributed by atoms with E-state index < -0.39 is 0 Å². The van der Waals surface area contributed by atoms with Crippen LogP contribution in [0.2, 0.25) is 5.02 Å². The fourth-order valence-corrected chi connectivity index (χ4v) is 2.99. The number of hydrogen-bond acceptors (Lipinski definition) is 4. The predicted molar refractivity (Wildman–Crippen MR) is 89.6 cm³/mol. The number of rotatable bonds is 3. The van der Waals surface area contributed by atoms with E-state index in [2.05, 4.69) is 4.98 Å². The zero-order valence-corrected chi connectivity index (χ0v) is 13.4. The first kappa shape index (κ1) is 15.3. The van der Waals surface area contributed by atoms with Crippen molar-refractivity contribution in [3.05, 3.63) is 53.2 Å². The maximum atomic E-state index is 12.7. The Balaban J connectivity index is 1.81. The minimum absolute atomic E-state index is 0.00626. The van der Waals surface area contributed by atoms with E-state index in [4.69, 9.17) is 16.9 Å². The quantitative estimate of drug-likeness (QED) is 0.870. The van der Waals surface area contributed by atoms with Crippen molar-refractivity contribution in [1.82, 2.24) is 4.98 Å². The van der Waals surface area contributed by atoms with E-state index in [1.165, 1.54) is 6.20 Å². The Kier molecular flexibility index (Phi) is 4.18. The van der Waals surface area contributed by atoms with Gasteiger partial charge in [-0.1, -0.05) is 23.7 Å². The Morgan fingerprint density at radius 1 is 1.35 bits per heavy atom. The molecule has 1 fully saturated rings. The number of nitriles is 1. The van der Waals surface area contributed by atoms with Crippen molar-refractivity contribution in [2.24, 2.45) is 0 Å². The number of halogens is 1. The van der Waals surface area contributed by atoms with Gasteiger partial charge in [-0.05, 0) is 30.7 Å². The summed E-state index contributed by atoms with van der Waals surface area (Å²) in [4.78, 5) is 20.6. The first-order chi connectivity index (χ1) is 11.1. The second-order valence-electron chi connectivity index (χ2n) is 5.37. The van der Waals surface area contributed by atoms with Crippen molar-refractivity contribution in [3.8, 4) is 6.07 Å². The molecular formula is C17H15ClN4O. The summed E-state index contributed by atoms with van der Waals surface area (Å²) >= 11 is 6.20. The Morgan fingerprint density at radius 2 is 2.13 bits per heavy atom. The number of likely N-dealkylation sites (N-methyl/N-ethyl adjacent to an activating group) is 1. The molecule has 116 valence electrons. The molecule has 0 spiro atoms. The lowest BCUT2D eigenvalue weighted by molar-refractivity contribution is -0.118. The Hall–Kier alpha value is -2.58. The van der Waals surface area contributed by atoms with Gasteiger partial charge in [-0.3, -0.25) is 4.79 Å². The first-order valence-corrected chi connectivity index (χ1v) is 7.64. The van der Waals surface area contributed by atoms with E-state index >= 15 is 0 Å². The monoisotopic (exact) mass is 326 g/mol. The minimum Gasteiger partial charge on any atom is -0.348 e. The Bertz CT molecular complexity index is 769. The van der Waals surface area contributed by atoms with Crippen molar-refractivity contribution in [1.29, 1.82) is 5.26 Å².